The highest BCUT2D eigenvalue weighted by Gasteiger charge is 2.49. The van der Waals surface area contributed by atoms with Crippen molar-refractivity contribution in [2.24, 2.45) is 13.0 Å². The predicted octanol–water partition coefficient (Wildman–Crippen LogP) is 6.23. The summed E-state index contributed by atoms with van der Waals surface area (Å²) in [6, 6.07) is 4.84. The number of nitrogens with zero attached hydrogens (tertiary/aromatic N) is 6. The van der Waals surface area contributed by atoms with Gasteiger partial charge >= 0.3 is 6.09 Å². The Morgan fingerprint density at radius 1 is 1.15 bits per heavy atom. The van der Waals surface area contributed by atoms with E-state index in [2.05, 4.69) is 35.0 Å². The highest BCUT2D eigenvalue weighted by atomic mass is 35.5. The smallest absolute Gasteiger partial charge is 0.407 e. The number of hydrogen-bond donors (Lipinski definition) is 1. The van der Waals surface area contributed by atoms with E-state index in [-0.39, 0.29) is 30.3 Å². The van der Waals surface area contributed by atoms with E-state index < -0.39 is 19.8 Å². The van der Waals surface area contributed by atoms with Gasteiger partial charge in [0.15, 0.2) is 5.65 Å². The summed E-state index contributed by atoms with van der Waals surface area (Å²) in [6.45, 7) is 16.9. The van der Waals surface area contributed by atoms with Crippen LogP contribution in [-0.2, 0) is 29.8 Å². The molecule has 3 aromatic heterocycles. The van der Waals surface area contributed by atoms with Gasteiger partial charge in [0.25, 0.3) is 5.56 Å². The fraction of sp³-hybridized carbons (Fsp3) is 0.576. The minimum Gasteiger partial charge on any atom is -0.444 e. The number of anilines is 1. The molecule has 3 atom stereocenters. The van der Waals surface area contributed by atoms with E-state index in [9.17, 15) is 9.59 Å². The van der Waals surface area contributed by atoms with Gasteiger partial charge in [0.2, 0.25) is 5.95 Å². The van der Waals surface area contributed by atoms with E-state index in [1.54, 1.807) is 11.6 Å². The van der Waals surface area contributed by atoms with Crippen molar-refractivity contribution in [2.45, 2.75) is 97.2 Å². The van der Waals surface area contributed by atoms with Crippen molar-refractivity contribution in [3.63, 3.8) is 0 Å². The number of benzene rings is 1. The van der Waals surface area contributed by atoms with Gasteiger partial charge in [-0.2, -0.15) is 10.1 Å². The number of carbonyl (C=O) groups excluding carboxylic acids is 1. The summed E-state index contributed by atoms with van der Waals surface area (Å²) in [6.07, 6.45) is 5.36. The summed E-state index contributed by atoms with van der Waals surface area (Å²) < 4.78 is 17.2. The average Bonchev–Trinajstić information content (AvgIpc) is 3.73. The van der Waals surface area contributed by atoms with Crippen molar-refractivity contribution in [3.8, 4) is 11.1 Å². The lowest BCUT2D eigenvalue weighted by Gasteiger charge is -2.30. The normalized spacial score (nSPS) is 19.9. The molecule has 2 aliphatic rings. The second kappa shape index (κ2) is 12.0. The van der Waals surface area contributed by atoms with Gasteiger partial charge in [0, 0.05) is 63.7 Å². The van der Waals surface area contributed by atoms with E-state index in [0.29, 0.717) is 40.7 Å². The molecule has 1 N–H and O–H groups in total. The van der Waals surface area contributed by atoms with Gasteiger partial charge in [-0.05, 0) is 58.6 Å². The molecule has 0 unspecified atom stereocenters. The summed E-state index contributed by atoms with van der Waals surface area (Å²) in [5.41, 5.74) is 2.09. The first-order valence-corrected chi connectivity index (χ1v) is 20.3. The Balaban J connectivity index is 1.41. The van der Waals surface area contributed by atoms with E-state index in [0.717, 1.165) is 41.9 Å². The molecule has 4 heterocycles. The zero-order chi connectivity index (χ0) is 33.1. The number of halogens is 1. The number of amides is 1. The number of ether oxygens (including phenoxy) is 2. The van der Waals surface area contributed by atoms with Crippen molar-refractivity contribution in [3.05, 3.63) is 39.9 Å². The molecular weight excluding hydrogens is 622 g/mol. The molecule has 248 valence electrons. The molecule has 1 aliphatic heterocycles. The van der Waals surface area contributed by atoms with Crippen LogP contribution in [0.4, 0.5) is 10.7 Å². The molecule has 0 spiro atoms. The molecule has 1 saturated heterocycles. The van der Waals surface area contributed by atoms with Gasteiger partial charge in [-0.1, -0.05) is 37.3 Å². The van der Waals surface area contributed by atoms with Crippen LogP contribution in [0.3, 0.4) is 0 Å². The Labute approximate surface area is 275 Å². The average molecular weight is 668 g/mol. The maximum Gasteiger partial charge on any atom is 0.407 e. The van der Waals surface area contributed by atoms with E-state index in [1.165, 1.54) is 0 Å². The molecular formula is C33H46ClN7O4Si. The number of aryl methyl sites for hydroxylation is 1. The lowest BCUT2D eigenvalue weighted by Crippen LogP contribution is -2.46. The first kappa shape index (κ1) is 32.6. The van der Waals surface area contributed by atoms with E-state index in [1.807, 2.05) is 61.5 Å². The summed E-state index contributed by atoms with van der Waals surface area (Å²) in [5.74, 6) is 0.825. The summed E-state index contributed by atoms with van der Waals surface area (Å²) in [4.78, 5) is 34.4. The van der Waals surface area contributed by atoms with Crippen LogP contribution in [0.25, 0.3) is 33.1 Å². The SMILES string of the molecule is CCn1cc2c(Cl)c(-c3cn(COCC[Si](C)(C)C)c4nc(N5C[C@@H]6CC[C@H]5[C@H]6NC(=O)OC(C)(C)C)n(C)c(=O)c34)ccc2n1. The molecule has 2 bridgehead atoms. The van der Waals surface area contributed by atoms with Crippen LogP contribution in [-0.4, -0.2) is 68.9 Å². The van der Waals surface area contributed by atoms with Crippen molar-refractivity contribution in [1.29, 1.82) is 0 Å². The molecule has 11 nitrogen and oxygen atoms in total. The van der Waals surface area contributed by atoms with Crippen molar-refractivity contribution in [1.82, 2.24) is 29.2 Å². The largest absolute Gasteiger partial charge is 0.444 e. The first-order chi connectivity index (χ1) is 21.6. The number of nitrogens with one attached hydrogen (secondary N) is 1. The predicted molar refractivity (Wildman–Crippen MR) is 186 cm³/mol. The monoisotopic (exact) mass is 667 g/mol. The number of piperidine rings is 1. The summed E-state index contributed by atoms with van der Waals surface area (Å²) >= 11 is 7.03. The Hall–Kier alpha value is -3.35. The minimum atomic E-state index is -1.29. The maximum atomic E-state index is 14.3. The number of hydrogen-bond acceptors (Lipinski definition) is 7. The highest BCUT2D eigenvalue weighted by Crippen LogP contribution is 2.41. The standard InChI is InChI=1S/C33H46ClN7O4Si/c1-9-40-18-23-24(37-40)12-11-21(27(23)34)22-17-39(19-44-14-15-46(6,7)8)29-26(22)30(42)38(5)31(36-29)41-16-20-10-13-25(41)28(20)35-32(43)45-33(2,3)4/h11-12,17-18,20,25,28H,9-10,13-16,19H2,1-8H3,(H,35,43)/t20-,25-,28-/m0/s1. The second-order valence-electron chi connectivity index (χ2n) is 14.9. The van der Waals surface area contributed by atoms with Crippen molar-refractivity contribution in [2.75, 3.05) is 18.1 Å². The number of aromatic nitrogens is 5. The quantitative estimate of drug-likeness (QED) is 0.167. The minimum absolute atomic E-state index is 0.0101. The Bertz CT molecular complexity index is 1850. The third kappa shape index (κ3) is 6.18. The van der Waals surface area contributed by atoms with Gasteiger partial charge in [-0.25, -0.2) is 4.79 Å². The molecule has 46 heavy (non-hydrogen) atoms. The molecule has 2 fully saturated rings. The zero-order valence-electron chi connectivity index (χ0n) is 28.2. The van der Waals surface area contributed by atoms with Gasteiger partial charge in [-0.15, -0.1) is 0 Å². The van der Waals surface area contributed by atoms with Crippen LogP contribution in [0.5, 0.6) is 0 Å². The molecule has 1 aromatic carbocycles. The Kier molecular flexibility index (Phi) is 8.52. The maximum absolute atomic E-state index is 14.3. The molecule has 0 radical (unpaired) electrons. The van der Waals surface area contributed by atoms with E-state index >= 15 is 0 Å². The summed E-state index contributed by atoms with van der Waals surface area (Å²) in [5, 5.41) is 9.61. The lowest BCUT2D eigenvalue weighted by molar-refractivity contribution is 0.0497. The molecule has 1 aliphatic carbocycles. The molecule has 13 heteroatoms. The lowest BCUT2D eigenvalue weighted by atomic mass is 10.0. The van der Waals surface area contributed by atoms with Crippen LogP contribution in [0.15, 0.2) is 29.3 Å². The molecule has 1 amide bonds. The molecule has 4 aromatic rings. The molecule has 6 rings (SSSR count). The van der Waals surface area contributed by atoms with Crippen LogP contribution in [0.1, 0.15) is 40.5 Å². The highest BCUT2D eigenvalue weighted by molar-refractivity contribution is 6.76. The molecule has 1 saturated carbocycles. The van der Waals surface area contributed by atoms with E-state index in [4.69, 9.17) is 26.1 Å². The third-order valence-electron chi connectivity index (χ3n) is 9.11. The number of carbonyl (C=O) groups is 1. The van der Waals surface area contributed by atoms with Gasteiger partial charge < -0.3 is 24.3 Å². The van der Waals surface area contributed by atoms with Crippen molar-refractivity contribution >= 4 is 53.7 Å². The number of alkyl carbamates (subject to hydrolysis) is 1. The third-order valence-corrected chi connectivity index (χ3v) is 11.2. The van der Waals surface area contributed by atoms with Crippen molar-refractivity contribution < 1.29 is 14.3 Å². The second-order valence-corrected chi connectivity index (χ2v) is 20.9. The number of fused-ring (bicyclic) bond motifs is 4. The fourth-order valence-electron chi connectivity index (χ4n) is 6.77. The number of rotatable bonds is 9. The zero-order valence-corrected chi connectivity index (χ0v) is 29.9. The van der Waals surface area contributed by atoms with Crippen LogP contribution in [0, 0.1) is 5.92 Å². The Morgan fingerprint density at radius 2 is 1.91 bits per heavy atom. The topological polar surface area (TPSA) is 108 Å². The van der Waals surface area contributed by atoms with Crippen LogP contribution in [0.2, 0.25) is 30.7 Å². The van der Waals surface area contributed by atoms with Crippen LogP contribution < -0.4 is 15.8 Å². The first-order valence-electron chi connectivity index (χ1n) is 16.2. The Morgan fingerprint density at radius 3 is 2.61 bits per heavy atom. The van der Waals surface area contributed by atoms with Gasteiger partial charge in [-0.3, -0.25) is 14.0 Å². The fourth-order valence-corrected chi connectivity index (χ4v) is 7.84. The van der Waals surface area contributed by atoms with Gasteiger partial charge in [0.1, 0.15) is 12.3 Å². The summed E-state index contributed by atoms with van der Waals surface area (Å²) in [7, 11) is 0.484. The van der Waals surface area contributed by atoms with Gasteiger partial charge in [0.05, 0.1) is 28.0 Å². The van der Waals surface area contributed by atoms with Crippen LogP contribution >= 0.6 is 11.6 Å².